The Hall–Kier alpha value is -1.63. The largest absolute Gasteiger partial charge is 0.465 e. The zero-order valence-electron chi connectivity index (χ0n) is 11.3. The van der Waals surface area contributed by atoms with Crippen LogP contribution in [0.2, 0.25) is 5.15 Å². The number of aromatic nitrogens is 1. The first-order chi connectivity index (χ1) is 10.6. The molecule has 7 heteroatoms. The Labute approximate surface area is 143 Å². The average Bonchev–Trinajstić information content (AvgIpc) is 2.98. The van der Waals surface area contributed by atoms with Gasteiger partial charge in [0.15, 0.2) is 5.75 Å². The van der Waals surface area contributed by atoms with Crippen molar-refractivity contribution in [2.75, 3.05) is 7.11 Å². The summed E-state index contributed by atoms with van der Waals surface area (Å²) in [7, 11) is 1.34. The van der Waals surface area contributed by atoms with Crippen molar-refractivity contribution in [3.63, 3.8) is 0 Å². The predicted molar refractivity (Wildman–Crippen MR) is 90.2 cm³/mol. The molecule has 0 fully saturated rings. The lowest BCUT2D eigenvalue weighted by Gasteiger charge is -2.07. The molecule has 2 aromatic heterocycles. The molecule has 0 N–H and O–H groups in total. The van der Waals surface area contributed by atoms with Gasteiger partial charge < -0.3 is 9.47 Å². The number of methoxy groups -OCH3 is 1. The van der Waals surface area contributed by atoms with Crippen LogP contribution in [-0.4, -0.2) is 18.1 Å². The molecule has 0 amide bonds. The number of carbonyl (C=O) groups is 1. The number of carbonyl (C=O) groups excluding carboxylic acids is 1. The minimum absolute atomic E-state index is 0.332. The van der Waals surface area contributed by atoms with Gasteiger partial charge in [0.25, 0.3) is 0 Å². The Bertz CT molecular complexity index is 848. The van der Waals surface area contributed by atoms with Crippen molar-refractivity contribution in [2.45, 2.75) is 0 Å². The van der Waals surface area contributed by atoms with Gasteiger partial charge in [0, 0.05) is 9.86 Å². The molecule has 3 aromatic rings. The molecule has 0 aliphatic rings. The number of esters is 1. The quantitative estimate of drug-likeness (QED) is 0.444. The van der Waals surface area contributed by atoms with Crippen molar-refractivity contribution < 1.29 is 14.3 Å². The Balaban J connectivity index is 2.05. The van der Waals surface area contributed by atoms with Crippen LogP contribution in [-0.2, 0) is 4.74 Å². The smallest absolute Gasteiger partial charge is 0.348 e. The van der Waals surface area contributed by atoms with Gasteiger partial charge in [-0.1, -0.05) is 27.5 Å². The molecule has 0 saturated carbocycles. The third kappa shape index (κ3) is 2.95. The molecule has 0 radical (unpaired) electrons. The minimum atomic E-state index is -0.410. The van der Waals surface area contributed by atoms with Crippen molar-refractivity contribution in [1.82, 2.24) is 4.98 Å². The second-order valence-electron chi connectivity index (χ2n) is 4.31. The summed E-state index contributed by atoms with van der Waals surface area (Å²) in [6.07, 6.45) is 1.54. The highest BCUT2D eigenvalue weighted by Crippen LogP contribution is 2.38. The number of rotatable bonds is 3. The average molecular weight is 399 g/mol. The molecule has 0 aliphatic carbocycles. The fourth-order valence-corrected chi connectivity index (χ4v) is 3.38. The highest BCUT2D eigenvalue weighted by Gasteiger charge is 2.16. The summed E-state index contributed by atoms with van der Waals surface area (Å²) in [5.41, 5.74) is 0. The number of hydrogen-bond acceptors (Lipinski definition) is 5. The van der Waals surface area contributed by atoms with Gasteiger partial charge in [0.1, 0.15) is 15.8 Å². The number of nitrogens with zero attached hydrogens (tertiary/aromatic N) is 1. The monoisotopic (exact) mass is 397 g/mol. The Kier molecular flexibility index (Phi) is 4.33. The van der Waals surface area contributed by atoms with Crippen molar-refractivity contribution in [3.8, 4) is 11.5 Å². The van der Waals surface area contributed by atoms with Gasteiger partial charge in [-0.3, -0.25) is 0 Å². The lowest BCUT2D eigenvalue weighted by Crippen LogP contribution is -1.96. The van der Waals surface area contributed by atoms with Gasteiger partial charge in [0.05, 0.1) is 18.0 Å². The topological polar surface area (TPSA) is 48.4 Å². The second kappa shape index (κ2) is 6.24. The Morgan fingerprint density at radius 3 is 2.73 bits per heavy atom. The standard InChI is InChI=1S/C15H9BrClNO3S/c1-20-15(19)12-6-10-11(7-18-14(17)13(10)22-12)21-9-4-2-8(16)3-5-9/h2-7H,1H3. The first-order valence-corrected chi connectivity index (χ1v) is 8.17. The molecule has 3 rings (SSSR count). The molecule has 0 saturated heterocycles. The molecule has 0 spiro atoms. The van der Waals surface area contributed by atoms with E-state index < -0.39 is 5.97 Å². The highest BCUT2D eigenvalue weighted by atomic mass is 79.9. The summed E-state index contributed by atoms with van der Waals surface area (Å²) in [5, 5.41) is 1.06. The Morgan fingerprint density at radius 1 is 1.32 bits per heavy atom. The van der Waals surface area contributed by atoms with E-state index in [0.717, 1.165) is 9.86 Å². The molecular weight excluding hydrogens is 390 g/mol. The maximum atomic E-state index is 11.7. The highest BCUT2D eigenvalue weighted by molar-refractivity contribution is 9.10. The summed E-state index contributed by atoms with van der Waals surface area (Å²) in [4.78, 5) is 16.2. The van der Waals surface area contributed by atoms with E-state index >= 15 is 0 Å². The maximum absolute atomic E-state index is 11.7. The number of ether oxygens (including phenoxy) is 2. The zero-order chi connectivity index (χ0) is 15.7. The van der Waals surface area contributed by atoms with Crippen LogP contribution in [0.5, 0.6) is 11.5 Å². The van der Waals surface area contributed by atoms with Gasteiger partial charge in [-0.25, -0.2) is 9.78 Å². The molecule has 22 heavy (non-hydrogen) atoms. The third-order valence-corrected chi connectivity index (χ3v) is 4.96. The van der Waals surface area contributed by atoms with Crippen LogP contribution in [0, 0.1) is 0 Å². The molecule has 112 valence electrons. The molecule has 0 unspecified atom stereocenters. The van der Waals surface area contributed by atoms with E-state index in [0.29, 0.717) is 26.2 Å². The van der Waals surface area contributed by atoms with Crippen LogP contribution in [0.4, 0.5) is 0 Å². The van der Waals surface area contributed by atoms with Crippen molar-refractivity contribution in [3.05, 3.63) is 51.0 Å². The molecule has 4 nitrogen and oxygen atoms in total. The maximum Gasteiger partial charge on any atom is 0.348 e. The lowest BCUT2D eigenvalue weighted by molar-refractivity contribution is 0.0606. The van der Waals surface area contributed by atoms with E-state index in [4.69, 9.17) is 21.1 Å². The fourth-order valence-electron chi connectivity index (χ4n) is 1.88. The van der Waals surface area contributed by atoms with E-state index in [1.54, 1.807) is 12.3 Å². The van der Waals surface area contributed by atoms with E-state index in [1.165, 1.54) is 18.4 Å². The van der Waals surface area contributed by atoms with E-state index in [9.17, 15) is 4.79 Å². The van der Waals surface area contributed by atoms with Crippen molar-refractivity contribution >= 4 is 54.9 Å². The molecule has 0 atom stereocenters. The van der Waals surface area contributed by atoms with Gasteiger partial charge >= 0.3 is 5.97 Å². The summed E-state index contributed by atoms with van der Waals surface area (Å²) in [6, 6.07) is 9.12. The Morgan fingerprint density at radius 2 is 2.05 bits per heavy atom. The minimum Gasteiger partial charge on any atom is -0.465 e. The van der Waals surface area contributed by atoms with Gasteiger partial charge in [-0.2, -0.15) is 0 Å². The van der Waals surface area contributed by atoms with Gasteiger partial charge in [-0.05, 0) is 30.3 Å². The van der Waals surface area contributed by atoms with E-state index in [-0.39, 0.29) is 0 Å². The van der Waals surface area contributed by atoms with Gasteiger partial charge in [0.2, 0.25) is 0 Å². The first kappa shape index (κ1) is 15.3. The second-order valence-corrected chi connectivity index (χ2v) is 6.64. The number of pyridine rings is 1. The van der Waals surface area contributed by atoms with Crippen LogP contribution in [0.3, 0.4) is 0 Å². The number of halogens is 2. The molecular formula is C15H9BrClNO3S. The summed E-state index contributed by atoms with van der Waals surface area (Å²) >= 11 is 10.7. The van der Waals surface area contributed by atoms with Crippen LogP contribution >= 0.6 is 38.9 Å². The SMILES string of the molecule is COC(=O)c1cc2c(Oc3ccc(Br)cc3)cnc(Cl)c2s1. The third-order valence-electron chi connectivity index (χ3n) is 2.91. The number of thiophene rings is 1. The van der Waals surface area contributed by atoms with Crippen LogP contribution < -0.4 is 4.74 Å². The molecule has 0 bridgehead atoms. The summed E-state index contributed by atoms with van der Waals surface area (Å²) in [5.74, 6) is 0.791. The summed E-state index contributed by atoms with van der Waals surface area (Å²) in [6.45, 7) is 0. The predicted octanol–water partition coefficient (Wildman–Crippen LogP) is 5.29. The first-order valence-electron chi connectivity index (χ1n) is 6.18. The molecule has 0 aliphatic heterocycles. The number of hydrogen-bond donors (Lipinski definition) is 0. The lowest BCUT2D eigenvalue weighted by atomic mass is 10.3. The van der Waals surface area contributed by atoms with Crippen LogP contribution in [0.1, 0.15) is 9.67 Å². The number of benzene rings is 1. The normalized spacial score (nSPS) is 10.7. The van der Waals surface area contributed by atoms with Crippen LogP contribution in [0.25, 0.3) is 10.1 Å². The van der Waals surface area contributed by atoms with Crippen molar-refractivity contribution in [1.29, 1.82) is 0 Å². The van der Waals surface area contributed by atoms with Crippen LogP contribution in [0.15, 0.2) is 41.0 Å². The van der Waals surface area contributed by atoms with Crippen molar-refractivity contribution in [2.24, 2.45) is 0 Å². The summed E-state index contributed by atoms with van der Waals surface area (Å²) < 4.78 is 12.2. The van der Waals surface area contributed by atoms with E-state index in [1.807, 2.05) is 24.3 Å². The molecule has 2 heterocycles. The zero-order valence-corrected chi connectivity index (χ0v) is 14.5. The van der Waals surface area contributed by atoms with Gasteiger partial charge in [-0.15, -0.1) is 11.3 Å². The van der Waals surface area contributed by atoms with E-state index in [2.05, 4.69) is 20.9 Å². The fraction of sp³-hybridized carbons (Fsp3) is 0.0667. The molecule has 1 aromatic carbocycles. The number of fused-ring (bicyclic) bond motifs is 1.